The number of benzene rings is 3. The molecule has 0 saturated heterocycles. The molecule has 9 heteroatoms. The molecular weight excluding hydrogens is 356 g/mol. The first-order valence-corrected chi connectivity index (χ1v) is 8.98. The van der Waals surface area contributed by atoms with Gasteiger partial charge in [-0.3, -0.25) is 15.5 Å². The molecule has 3 aromatic rings. The highest BCUT2D eigenvalue weighted by atomic mass is 32.2. The summed E-state index contributed by atoms with van der Waals surface area (Å²) in [7, 11) is -4.03. The molecular formula is C17H14N4O4S. The Labute approximate surface area is 149 Å². The van der Waals surface area contributed by atoms with E-state index in [1.54, 1.807) is 0 Å². The van der Waals surface area contributed by atoms with E-state index < -0.39 is 20.6 Å². The van der Waals surface area contributed by atoms with Crippen molar-refractivity contribution < 1.29 is 13.3 Å². The van der Waals surface area contributed by atoms with E-state index in [9.17, 15) is 18.5 Å². The van der Waals surface area contributed by atoms with E-state index in [1.807, 2.05) is 42.5 Å². The molecule has 0 spiro atoms. The SMILES string of the molecule is NS(=O)(=O)c1ccc(N/N=C\c2ccc3ccccc3c2)c([N+](=O)[O-])c1. The number of hydrogen-bond donors (Lipinski definition) is 2. The lowest BCUT2D eigenvalue weighted by molar-refractivity contribution is -0.384. The number of nitrogens with two attached hydrogens (primary N) is 1. The summed E-state index contributed by atoms with van der Waals surface area (Å²) in [6.45, 7) is 0. The van der Waals surface area contributed by atoms with Gasteiger partial charge in [0.1, 0.15) is 5.69 Å². The van der Waals surface area contributed by atoms with Gasteiger partial charge in [0.25, 0.3) is 5.69 Å². The Bertz CT molecular complexity index is 1130. The lowest BCUT2D eigenvalue weighted by atomic mass is 10.1. The van der Waals surface area contributed by atoms with E-state index in [0.29, 0.717) is 0 Å². The predicted molar refractivity (Wildman–Crippen MR) is 99.6 cm³/mol. The van der Waals surface area contributed by atoms with Gasteiger partial charge in [0.15, 0.2) is 0 Å². The molecule has 0 atom stereocenters. The maximum Gasteiger partial charge on any atom is 0.295 e. The largest absolute Gasteiger partial charge is 0.295 e. The molecule has 0 radical (unpaired) electrons. The Balaban J connectivity index is 1.86. The van der Waals surface area contributed by atoms with Gasteiger partial charge in [-0.2, -0.15) is 5.10 Å². The Morgan fingerprint density at radius 3 is 2.46 bits per heavy atom. The average Bonchev–Trinajstić information content (AvgIpc) is 2.60. The Kier molecular flexibility index (Phi) is 4.65. The third-order valence-electron chi connectivity index (χ3n) is 3.67. The van der Waals surface area contributed by atoms with Crippen LogP contribution in [0.4, 0.5) is 11.4 Å². The fourth-order valence-corrected chi connectivity index (χ4v) is 2.93. The van der Waals surface area contributed by atoms with Crippen molar-refractivity contribution in [2.45, 2.75) is 4.90 Å². The van der Waals surface area contributed by atoms with E-state index in [1.165, 1.54) is 18.3 Å². The summed E-state index contributed by atoms with van der Waals surface area (Å²) < 4.78 is 22.7. The van der Waals surface area contributed by atoms with Crippen molar-refractivity contribution in [2.24, 2.45) is 10.2 Å². The van der Waals surface area contributed by atoms with E-state index in [4.69, 9.17) is 5.14 Å². The minimum absolute atomic E-state index is 0.0550. The van der Waals surface area contributed by atoms with Crippen molar-refractivity contribution in [3.05, 3.63) is 76.3 Å². The monoisotopic (exact) mass is 370 g/mol. The maximum absolute atomic E-state index is 11.3. The second-order valence-corrected chi connectivity index (χ2v) is 7.02. The smallest absolute Gasteiger partial charge is 0.272 e. The van der Waals surface area contributed by atoms with Crippen LogP contribution in [0.2, 0.25) is 0 Å². The van der Waals surface area contributed by atoms with Crippen LogP contribution in [0.5, 0.6) is 0 Å². The van der Waals surface area contributed by atoms with E-state index in [2.05, 4.69) is 10.5 Å². The quantitative estimate of drug-likeness (QED) is 0.405. The van der Waals surface area contributed by atoms with Gasteiger partial charge in [0.05, 0.1) is 16.0 Å². The first kappa shape index (κ1) is 17.5. The van der Waals surface area contributed by atoms with Gasteiger partial charge in [0.2, 0.25) is 10.0 Å². The summed E-state index contributed by atoms with van der Waals surface area (Å²) in [4.78, 5) is 10.1. The molecule has 132 valence electrons. The molecule has 0 aliphatic carbocycles. The van der Waals surface area contributed by atoms with Crippen molar-refractivity contribution in [1.29, 1.82) is 0 Å². The number of nitrogens with zero attached hydrogens (tertiary/aromatic N) is 2. The highest BCUT2D eigenvalue weighted by Crippen LogP contribution is 2.27. The number of anilines is 1. The van der Waals surface area contributed by atoms with Crippen LogP contribution in [0, 0.1) is 10.1 Å². The number of rotatable bonds is 5. The molecule has 0 aliphatic heterocycles. The Morgan fingerprint density at radius 2 is 1.77 bits per heavy atom. The first-order valence-electron chi connectivity index (χ1n) is 7.44. The summed E-state index contributed by atoms with van der Waals surface area (Å²) >= 11 is 0. The molecule has 0 aromatic heterocycles. The minimum Gasteiger partial charge on any atom is -0.272 e. The summed E-state index contributed by atoms with van der Waals surface area (Å²) in [5.41, 5.74) is 2.98. The van der Waals surface area contributed by atoms with Gasteiger partial charge in [-0.15, -0.1) is 0 Å². The number of nitro groups is 1. The summed E-state index contributed by atoms with van der Waals surface area (Å²) in [6, 6.07) is 16.9. The van der Waals surface area contributed by atoms with Gasteiger partial charge in [0, 0.05) is 6.07 Å². The zero-order chi connectivity index (χ0) is 18.7. The molecule has 3 rings (SSSR count). The topological polar surface area (TPSA) is 128 Å². The van der Waals surface area contributed by atoms with Crippen LogP contribution in [0.3, 0.4) is 0 Å². The number of primary sulfonamides is 1. The normalized spacial score (nSPS) is 11.7. The van der Waals surface area contributed by atoms with Gasteiger partial charge < -0.3 is 0 Å². The number of fused-ring (bicyclic) bond motifs is 1. The fourth-order valence-electron chi connectivity index (χ4n) is 2.40. The van der Waals surface area contributed by atoms with Crippen molar-refractivity contribution in [3.8, 4) is 0 Å². The Morgan fingerprint density at radius 1 is 1.04 bits per heavy atom. The number of hydrazone groups is 1. The third kappa shape index (κ3) is 3.85. The minimum atomic E-state index is -4.03. The molecule has 0 unspecified atom stereocenters. The van der Waals surface area contributed by atoms with Crippen LogP contribution in [-0.2, 0) is 10.0 Å². The Hall–Kier alpha value is -3.30. The third-order valence-corrected chi connectivity index (χ3v) is 4.58. The molecule has 26 heavy (non-hydrogen) atoms. The average molecular weight is 370 g/mol. The van der Waals surface area contributed by atoms with E-state index in [-0.39, 0.29) is 10.6 Å². The molecule has 0 bridgehead atoms. The second-order valence-electron chi connectivity index (χ2n) is 5.46. The molecule has 0 heterocycles. The summed E-state index contributed by atoms with van der Waals surface area (Å²) in [5, 5.41) is 22.3. The van der Waals surface area contributed by atoms with Crippen LogP contribution in [0.25, 0.3) is 10.8 Å². The summed E-state index contributed by atoms with van der Waals surface area (Å²) in [5.74, 6) is 0. The fraction of sp³-hybridized carbons (Fsp3) is 0. The van der Waals surface area contributed by atoms with Crippen LogP contribution in [0.15, 0.2) is 70.7 Å². The molecule has 0 saturated carbocycles. The van der Waals surface area contributed by atoms with Gasteiger partial charge in [-0.25, -0.2) is 13.6 Å². The molecule has 0 fully saturated rings. The number of sulfonamides is 1. The molecule has 8 nitrogen and oxygen atoms in total. The van der Waals surface area contributed by atoms with Crippen LogP contribution >= 0.6 is 0 Å². The van der Waals surface area contributed by atoms with Crippen LogP contribution in [0.1, 0.15) is 5.56 Å². The lowest BCUT2D eigenvalue weighted by Gasteiger charge is -2.04. The highest BCUT2D eigenvalue weighted by Gasteiger charge is 2.18. The van der Waals surface area contributed by atoms with Crippen LogP contribution < -0.4 is 10.6 Å². The van der Waals surface area contributed by atoms with E-state index >= 15 is 0 Å². The standard InChI is InChI=1S/C17H14N4O4S/c18-26(24,25)15-7-8-16(17(10-15)21(22)23)20-19-11-12-5-6-13-3-1-2-4-14(13)9-12/h1-11,20H,(H2,18,24,25)/b19-11-. The molecule has 0 amide bonds. The maximum atomic E-state index is 11.3. The molecule has 0 aliphatic rings. The first-order chi connectivity index (χ1) is 12.3. The zero-order valence-corrected chi connectivity index (χ0v) is 14.2. The number of hydrogen-bond acceptors (Lipinski definition) is 6. The van der Waals surface area contributed by atoms with Crippen molar-refractivity contribution in [2.75, 3.05) is 5.43 Å². The van der Waals surface area contributed by atoms with Gasteiger partial charge in [-0.05, 0) is 34.5 Å². The van der Waals surface area contributed by atoms with Crippen molar-refractivity contribution >= 4 is 38.4 Å². The number of nitro benzene ring substituents is 1. The predicted octanol–water partition coefficient (Wildman–Crippen LogP) is 2.84. The van der Waals surface area contributed by atoms with Crippen molar-refractivity contribution in [1.82, 2.24) is 0 Å². The zero-order valence-electron chi connectivity index (χ0n) is 13.4. The van der Waals surface area contributed by atoms with Crippen molar-refractivity contribution in [3.63, 3.8) is 0 Å². The van der Waals surface area contributed by atoms with Gasteiger partial charge >= 0.3 is 0 Å². The second kappa shape index (κ2) is 6.90. The lowest BCUT2D eigenvalue weighted by Crippen LogP contribution is -2.12. The molecule has 3 N–H and O–H groups in total. The number of nitrogens with one attached hydrogen (secondary N) is 1. The highest BCUT2D eigenvalue weighted by molar-refractivity contribution is 7.89. The summed E-state index contributed by atoms with van der Waals surface area (Å²) in [6.07, 6.45) is 1.52. The van der Waals surface area contributed by atoms with E-state index in [0.717, 1.165) is 22.4 Å². The van der Waals surface area contributed by atoms with Gasteiger partial charge in [-0.1, -0.05) is 36.4 Å². The molecule has 3 aromatic carbocycles. The van der Waals surface area contributed by atoms with Crippen LogP contribution in [-0.4, -0.2) is 19.6 Å².